The van der Waals surface area contributed by atoms with Gasteiger partial charge in [-0.25, -0.2) is 0 Å². The van der Waals surface area contributed by atoms with E-state index in [4.69, 9.17) is 0 Å². The lowest BCUT2D eigenvalue weighted by Gasteiger charge is -2.59. The van der Waals surface area contributed by atoms with Crippen LogP contribution in [0.2, 0.25) is 0 Å². The topological polar surface area (TPSA) is 0 Å². The van der Waals surface area contributed by atoms with Crippen LogP contribution in [0.1, 0.15) is 101 Å². The van der Waals surface area contributed by atoms with Crippen LogP contribution in [0.3, 0.4) is 0 Å². The number of allylic oxidation sites excluding steroid dienone is 6. The van der Waals surface area contributed by atoms with Gasteiger partial charge in [0, 0.05) is 5.41 Å². The van der Waals surface area contributed by atoms with Crippen molar-refractivity contribution >= 4 is 0 Å². The highest BCUT2D eigenvalue weighted by molar-refractivity contribution is 5.31. The lowest BCUT2D eigenvalue weighted by Crippen LogP contribution is -2.52. The van der Waals surface area contributed by atoms with E-state index in [2.05, 4.69) is 66.0 Å². The van der Waals surface area contributed by atoms with Crippen LogP contribution in [0.15, 0.2) is 48.6 Å². The zero-order valence-electron chi connectivity index (χ0n) is 21.9. The second kappa shape index (κ2) is 11.5. The van der Waals surface area contributed by atoms with Crippen LogP contribution in [-0.2, 0) is 0 Å². The van der Waals surface area contributed by atoms with Crippen LogP contribution in [0.5, 0.6) is 0 Å². The Bertz CT molecular complexity index is 620. The lowest BCUT2D eigenvalue weighted by atomic mass is 9.45. The summed E-state index contributed by atoms with van der Waals surface area (Å²) in [6.45, 7) is 28.6. The summed E-state index contributed by atoms with van der Waals surface area (Å²) < 4.78 is 0. The molecule has 0 saturated heterocycles. The molecular formula is C30H52. The zero-order chi connectivity index (χ0) is 23.1. The summed E-state index contributed by atoms with van der Waals surface area (Å²) >= 11 is 0. The van der Waals surface area contributed by atoms with Crippen LogP contribution in [0.4, 0.5) is 0 Å². The molecule has 0 heterocycles. The molecule has 3 saturated carbocycles. The Morgan fingerprint density at radius 2 is 1.73 bits per heavy atom. The van der Waals surface area contributed by atoms with Gasteiger partial charge in [-0.2, -0.15) is 0 Å². The fraction of sp³-hybridized carbons (Fsp3) is 0.733. The molecule has 30 heavy (non-hydrogen) atoms. The van der Waals surface area contributed by atoms with Crippen LogP contribution in [0, 0.1) is 40.4 Å². The Morgan fingerprint density at radius 3 is 2.27 bits per heavy atom. The summed E-state index contributed by atoms with van der Waals surface area (Å²) in [5.41, 5.74) is 3.80. The quantitative estimate of drug-likeness (QED) is 0.403. The molecule has 0 nitrogen and oxygen atoms in total. The van der Waals surface area contributed by atoms with E-state index >= 15 is 0 Å². The first kappa shape index (κ1) is 27.0. The van der Waals surface area contributed by atoms with Gasteiger partial charge in [-0.3, -0.25) is 0 Å². The monoisotopic (exact) mass is 412 g/mol. The van der Waals surface area contributed by atoms with E-state index in [-0.39, 0.29) is 5.41 Å². The third-order valence-electron chi connectivity index (χ3n) is 8.67. The van der Waals surface area contributed by atoms with E-state index in [0.717, 1.165) is 36.0 Å². The van der Waals surface area contributed by atoms with Gasteiger partial charge in [-0.1, -0.05) is 104 Å². The van der Waals surface area contributed by atoms with Crippen molar-refractivity contribution in [3.8, 4) is 0 Å². The minimum absolute atomic E-state index is 0.201. The van der Waals surface area contributed by atoms with Gasteiger partial charge in [0.1, 0.15) is 0 Å². The second-order valence-electron chi connectivity index (χ2n) is 9.87. The molecule has 0 N–H and O–H groups in total. The van der Waals surface area contributed by atoms with Gasteiger partial charge in [0.05, 0.1) is 0 Å². The van der Waals surface area contributed by atoms with Crippen molar-refractivity contribution in [2.75, 3.05) is 0 Å². The Balaban J connectivity index is 0.00000106. The first-order valence-corrected chi connectivity index (χ1v) is 13.0. The molecule has 0 aliphatic heterocycles. The molecule has 0 heteroatoms. The third-order valence-corrected chi connectivity index (χ3v) is 8.67. The Morgan fingerprint density at radius 1 is 1.10 bits per heavy atom. The Kier molecular flexibility index (Phi) is 10.4. The second-order valence-corrected chi connectivity index (χ2v) is 9.87. The van der Waals surface area contributed by atoms with E-state index in [1.165, 1.54) is 37.7 Å². The molecule has 3 fully saturated rings. The number of rotatable bonds is 4. The molecule has 0 radical (unpaired) electrons. The van der Waals surface area contributed by atoms with Gasteiger partial charge < -0.3 is 0 Å². The Labute approximate surface area is 190 Å². The van der Waals surface area contributed by atoms with E-state index < -0.39 is 0 Å². The van der Waals surface area contributed by atoms with Gasteiger partial charge in [0.15, 0.2) is 0 Å². The van der Waals surface area contributed by atoms with Crippen LogP contribution < -0.4 is 0 Å². The van der Waals surface area contributed by atoms with Crippen molar-refractivity contribution in [2.24, 2.45) is 40.4 Å². The van der Waals surface area contributed by atoms with Crippen LogP contribution in [-0.4, -0.2) is 0 Å². The molecule has 0 aromatic rings. The molecule has 3 aliphatic rings. The average molecular weight is 413 g/mol. The number of hydrogen-bond acceptors (Lipinski definition) is 0. The van der Waals surface area contributed by atoms with Crippen molar-refractivity contribution in [1.82, 2.24) is 0 Å². The summed E-state index contributed by atoms with van der Waals surface area (Å²) in [6, 6.07) is 0. The maximum absolute atomic E-state index is 4.48. The molecule has 0 spiro atoms. The van der Waals surface area contributed by atoms with Crippen LogP contribution in [0.25, 0.3) is 0 Å². The van der Waals surface area contributed by atoms with E-state index in [0.29, 0.717) is 5.41 Å². The summed E-state index contributed by atoms with van der Waals surface area (Å²) in [5, 5.41) is 0. The maximum atomic E-state index is 4.48. The van der Waals surface area contributed by atoms with Crippen molar-refractivity contribution in [3.63, 3.8) is 0 Å². The smallest absolute Gasteiger partial charge is 0.00989 e. The molecule has 0 amide bonds. The predicted molar refractivity (Wildman–Crippen MR) is 138 cm³/mol. The van der Waals surface area contributed by atoms with Gasteiger partial charge >= 0.3 is 0 Å². The first-order valence-electron chi connectivity index (χ1n) is 13.0. The molecular weight excluding hydrogens is 360 g/mol. The fourth-order valence-corrected chi connectivity index (χ4v) is 7.86. The minimum Gasteiger partial charge on any atom is -0.0996 e. The molecule has 3 rings (SSSR count). The largest absolute Gasteiger partial charge is 0.0996 e. The SMILES string of the molecule is C=C/C=C1/CCC2C(C(C)CC3(C)C(C(=C)CC)CCC23)C1(C)/C=C\C.CC.CC. The summed E-state index contributed by atoms with van der Waals surface area (Å²) in [7, 11) is 0. The average Bonchev–Trinajstić information content (AvgIpc) is 3.09. The summed E-state index contributed by atoms with van der Waals surface area (Å²) in [4.78, 5) is 0. The highest BCUT2D eigenvalue weighted by Crippen LogP contribution is 2.68. The van der Waals surface area contributed by atoms with Crippen molar-refractivity contribution < 1.29 is 0 Å². The zero-order valence-corrected chi connectivity index (χ0v) is 21.9. The molecule has 7 atom stereocenters. The standard InChI is InChI=1S/C26H40.2C2H6/c1-8-11-20-12-13-21-23-15-14-22(18(4)10-3)26(23,7)17-19(5)24(21)25(20,6)16-9-2;2*1-2/h8-9,11,16,19,21-24H,1,4,10,12-15,17H2,2-3,5-7H3;2*1-2H3/b16-9-,20-11-;;. The van der Waals surface area contributed by atoms with E-state index in [9.17, 15) is 0 Å². The molecule has 3 aliphatic carbocycles. The van der Waals surface area contributed by atoms with Crippen molar-refractivity contribution in [3.05, 3.63) is 48.6 Å². The molecule has 172 valence electrons. The normalized spacial score (nSPS) is 41.1. The summed E-state index contributed by atoms with van der Waals surface area (Å²) in [6.07, 6.45) is 17.0. The highest BCUT2D eigenvalue weighted by Gasteiger charge is 2.60. The molecule has 0 bridgehead atoms. The lowest BCUT2D eigenvalue weighted by molar-refractivity contribution is -0.0639. The molecule has 0 aromatic heterocycles. The van der Waals surface area contributed by atoms with Gasteiger partial charge in [-0.15, -0.1) is 0 Å². The van der Waals surface area contributed by atoms with Gasteiger partial charge in [0.2, 0.25) is 0 Å². The van der Waals surface area contributed by atoms with Crippen LogP contribution >= 0.6 is 0 Å². The van der Waals surface area contributed by atoms with Crippen molar-refractivity contribution in [2.45, 2.75) is 101 Å². The maximum Gasteiger partial charge on any atom is 0.00989 e. The minimum atomic E-state index is 0.201. The van der Waals surface area contributed by atoms with E-state index in [1.807, 2.05) is 33.8 Å². The highest BCUT2D eigenvalue weighted by atomic mass is 14.6. The predicted octanol–water partition coefficient (Wildman–Crippen LogP) is 9.80. The Hall–Kier alpha value is -1.04. The number of hydrogen-bond donors (Lipinski definition) is 0. The van der Waals surface area contributed by atoms with Gasteiger partial charge in [0.25, 0.3) is 0 Å². The van der Waals surface area contributed by atoms with E-state index in [1.54, 1.807) is 5.57 Å². The first-order chi connectivity index (χ1) is 14.3. The molecule has 7 unspecified atom stereocenters. The molecule has 0 aromatic carbocycles. The fourth-order valence-electron chi connectivity index (χ4n) is 7.86. The van der Waals surface area contributed by atoms with Crippen molar-refractivity contribution in [1.29, 1.82) is 0 Å². The number of fused-ring (bicyclic) bond motifs is 3. The summed E-state index contributed by atoms with van der Waals surface area (Å²) in [5.74, 6) is 4.03. The van der Waals surface area contributed by atoms with Gasteiger partial charge in [-0.05, 0) is 80.5 Å². The third kappa shape index (κ3) is 4.58.